The molecule has 45 heavy (non-hydrogen) atoms. The van der Waals surface area contributed by atoms with Gasteiger partial charge in [-0.15, -0.1) is 0 Å². The van der Waals surface area contributed by atoms with Crippen LogP contribution in [0.15, 0.2) is 23.3 Å². The summed E-state index contributed by atoms with van der Waals surface area (Å²) in [4.78, 5) is 14.7. The summed E-state index contributed by atoms with van der Waals surface area (Å²) in [5.41, 5.74) is -0.285. The van der Waals surface area contributed by atoms with Crippen molar-refractivity contribution in [2.75, 3.05) is 6.61 Å². The molecule has 0 amide bonds. The summed E-state index contributed by atoms with van der Waals surface area (Å²) in [5.74, 6) is 0.262. The number of hydrogen-bond donors (Lipinski definition) is 5. The first kappa shape index (κ1) is 33.7. The number of ketones is 1. The molecule has 0 aromatic rings. The average Bonchev–Trinajstić information content (AvgIpc) is 3.16. The smallest absolute Gasteiger partial charge is 0.187 e. The van der Waals surface area contributed by atoms with Crippen molar-refractivity contribution in [2.45, 2.75) is 149 Å². The average molecular weight is 633 g/mol. The fraction of sp³-hybridized carbons (Fsp3) is 0.861. The van der Waals surface area contributed by atoms with Gasteiger partial charge in [-0.2, -0.15) is 0 Å². The van der Waals surface area contributed by atoms with Gasteiger partial charge in [-0.25, -0.2) is 0 Å². The Labute approximate surface area is 268 Å². The second-order valence-corrected chi connectivity index (χ2v) is 17.0. The van der Waals surface area contributed by atoms with Crippen molar-refractivity contribution in [3.05, 3.63) is 23.3 Å². The predicted octanol–water partition coefficient (Wildman–Crippen LogP) is 3.44. The Hall–Kier alpha value is -1.17. The van der Waals surface area contributed by atoms with Crippen molar-refractivity contribution >= 4 is 5.78 Å². The van der Waals surface area contributed by atoms with Crippen LogP contribution in [0, 0.1) is 39.4 Å². The minimum absolute atomic E-state index is 0.0252. The lowest BCUT2D eigenvalue weighted by molar-refractivity contribution is -0.319. The van der Waals surface area contributed by atoms with E-state index in [-0.39, 0.29) is 47.3 Å². The summed E-state index contributed by atoms with van der Waals surface area (Å²) in [6.45, 7) is 16.6. The molecule has 6 aliphatic rings. The second kappa shape index (κ2) is 10.9. The highest BCUT2D eigenvalue weighted by Gasteiger charge is 2.75. The van der Waals surface area contributed by atoms with Crippen LogP contribution < -0.4 is 0 Å². The van der Waals surface area contributed by atoms with Gasteiger partial charge in [0, 0.05) is 29.6 Å². The van der Waals surface area contributed by atoms with Crippen molar-refractivity contribution in [3.8, 4) is 0 Å². The van der Waals surface area contributed by atoms with Crippen LogP contribution in [0.3, 0.4) is 0 Å². The van der Waals surface area contributed by atoms with E-state index < -0.39 is 59.2 Å². The van der Waals surface area contributed by atoms with Crippen molar-refractivity contribution in [3.63, 3.8) is 0 Å². The summed E-state index contributed by atoms with van der Waals surface area (Å²) in [6.07, 6.45) is 1.04. The van der Waals surface area contributed by atoms with Gasteiger partial charge in [0.2, 0.25) is 0 Å². The normalized spacial score (nSPS) is 53.8. The van der Waals surface area contributed by atoms with Gasteiger partial charge in [0.15, 0.2) is 6.29 Å². The number of allylic oxidation sites excluding steroid dienone is 2. The van der Waals surface area contributed by atoms with Crippen LogP contribution in [-0.4, -0.2) is 92.5 Å². The predicted molar refractivity (Wildman–Crippen MR) is 167 cm³/mol. The first-order valence-corrected chi connectivity index (χ1v) is 17.1. The Bertz CT molecular complexity index is 1250. The zero-order valence-electron chi connectivity index (χ0n) is 28.3. The number of hydrogen-bond acceptors (Lipinski definition) is 9. The topological polar surface area (TPSA) is 146 Å². The summed E-state index contributed by atoms with van der Waals surface area (Å²) in [5, 5.41) is 52.9. The number of aliphatic hydroxyl groups is 5. The molecule has 6 rings (SSSR count). The first-order valence-electron chi connectivity index (χ1n) is 17.1. The van der Waals surface area contributed by atoms with Crippen molar-refractivity contribution in [2.24, 2.45) is 39.4 Å². The van der Waals surface area contributed by atoms with E-state index >= 15 is 0 Å². The van der Waals surface area contributed by atoms with Gasteiger partial charge in [0.05, 0.1) is 30.5 Å². The highest BCUT2D eigenvalue weighted by atomic mass is 16.7. The maximum atomic E-state index is 14.7. The van der Waals surface area contributed by atoms with Crippen molar-refractivity contribution in [1.29, 1.82) is 0 Å². The van der Waals surface area contributed by atoms with Gasteiger partial charge in [0.1, 0.15) is 30.2 Å². The number of ether oxygens (including phenoxy) is 3. The van der Waals surface area contributed by atoms with Crippen molar-refractivity contribution < 1.29 is 44.5 Å². The Morgan fingerprint density at radius 2 is 1.67 bits per heavy atom. The van der Waals surface area contributed by atoms with E-state index in [9.17, 15) is 30.3 Å². The third-order valence-corrected chi connectivity index (χ3v) is 13.8. The highest BCUT2D eigenvalue weighted by Crippen LogP contribution is 2.75. The number of fused-ring (bicyclic) bond motifs is 7. The molecular weight excluding hydrogens is 576 g/mol. The van der Waals surface area contributed by atoms with E-state index in [4.69, 9.17) is 14.2 Å². The Morgan fingerprint density at radius 1 is 0.978 bits per heavy atom. The van der Waals surface area contributed by atoms with Gasteiger partial charge in [0.25, 0.3) is 0 Å². The fourth-order valence-corrected chi connectivity index (χ4v) is 11.5. The maximum absolute atomic E-state index is 14.7. The Morgan fingerprint density at radius 3 is 2.31 bits per heavy atom. The lowest BCUT2D eigenvalue weighted by Gasteiger charge is -2.65. The number of carbonyl (C=O) groups excluding carboxylic acids is 1. The molecule has 9 heteroatoms. The molecule has 0 aromatic carbocycles. The molecule has 0 radical (unpaired) electrons. The van der Waals surface area contributed by atoms with Crippen molar-refractivity contribution in [1.82, 2.24) is 0 Å². The van der Waals surface area contributed by atoms with Crippen LogP contribution in [0.5, 0.6) is 0 Å². The van der Waals surface area contributed by atoms with E-state index in [1.165, 1.54) is 11.1 Å². The van der Waals surface area contributed by atoms with Crippen LogP contribution in [0.1, 0.15) is 93.9 Å². The highest BCUT2D eigenvalue weighted by molar-refractivity contribution is 5.88. The number of rotatable bonds is 4. The van der Waals surface area contributed by atoms with E-state index in [1.54, 1.807) is 0 Å². The number of aliphatic hydroxyl groups excluding tert-OH is 4. The number of Topliss-reactive ketones (excluding diaryl/α,β-unsaturated/α-hetero) is 1. The molecule has 0 bridgehead atoms. The first-order chi connectivity index (χ1) is 20.8. The van der Waals surface area contributed by atoms with Gasteiger partial charge in [-0.1, -0.05) is 57.9 Å². The molecule has 254 valence electrons. The molecule has 0 spiro atoms. The largest absolute Gasteiger partial charge is 0.394 e. The molecule has 0 aromatic heterocycles. The van der Waals surface area contributed by atoms with E-state index in [0.29, 0.717) is 19.3 Å². The SMILES string of the molecule is CC(C)=C[C@H]1CC(C)(O)C2C(C[C@@]3(C)[C@@H]4CC=C5[C@@H](CC[C@H](O[C@@H]6O[C@H](CO)[C@@H](O)[C@H](O)[C@H]6O)C5(C)C)[C@]4(C)C(=O)C[C@]23C)O1. The molecule has 5 fully saturated rings. The monoisotopic (exact) mass is 632 g/mol. The Balaban J connectivity index is 1.30. The van der Waals surface area contributed by atoms with Gasteiger partial charge in [-0.3, -0.25) is 4.79 Å². The van der Waals surface area contributed by atoms with Gasteiger partial charge >= 0.3 is 0 Å². The van der Waals surface area contributed by atoms with Crippen LogP contribution in [0.4, 0.5) is 0 Å². The Kier molecular flexibility index (Phi) is 8.19. The molecular formula is C36H56O9. The minimum Gasteiger partial charge on any atom is -0.394 e. The summed E-state index contributed by atoms with van der Waals surface area (Å²) in [6, 6.07) is 0. The maximum Gasteiger partial charge on any atom is 0.187 e. The second-order valence-electron chi connectivity index (χ2n) is 17.0. The molecule has 2 saturated heterocycles. The lowest BCUT2D eigenvalue weighted by atomic mass is 9.38. The van der Waals surface area contributed by atoms with Gasteiger partial charge in [-0.05, 0) is 69.1 Å². The van der Waals surface area contributed by atoms with Crippen LogP contribution in [0.25, 0.3) is 0 Å². The molecule has 3 saturated carbocycles. The minimum atomic E-state index is -1.50. The van der Waals surface area contributed by atoms with Gasteiger partial charge < -0.3 is 39.7 Å². The molecule has 4 aliphatic carbocycles. The quantitative estimate of drug-likeness (QED) is 0.294. The zero-order valence-corrected chi connectivity index (χ0v) is 28.3. The fourth-order valence-electron chi connectivity index (χ4n) is 11.5. The van der Waals surface area contributed by atoms with Crippen LogP contribution >= 0.6 is 0 Å². The summed E-state index contributed by atoms with van der Waals surface area (Å²) >= 11 is 0. The third-order valence-electron chi connectivity index (χ3n) is 13.8. The molecule has 5 N–H and O–H groups in total. The number of carbonyl (C=O) groups is 1. The van der Waals surface area contributed by atoms with Crippen LogP contribution in [-0.2, 0) is 19.0 Å². The van der Waals surface area contributed by atoms with Crippen LogP contribution in [0.2, 0.25) is 0 Å². The van der Waals surface area contributed by atoms with E-state index in [1.807, 2.05) is 6.92 Å². The zero-order chi connectivity index (χ0) is 33.1. The van der Waals surface area contributed by atoms with E-state index in [2.05, 4.69) is 60.6 Å². The molecule has 9 nitrogen and oxygen atoms in total. The third kappa shape index (κ3) is 4.73. The molecule has 15 atom stereocenters. The molecule has 2 aliphatic heterocycles. The molecule has 2 heterocycles. The molecule has 3 unspecified atom stereocenters. The lowest BCUT2D eigenvalue weighted by Crippen LogP contribution is -2.65. The standard InChI is InChI=1S/C36H56O9/c1-18(2)13-19-14-35(7,42)30-22(43-19)15-33(5)24-11-9-20-21(36(24,8)25(38)16-34(30,33)6)10-12-26(32(20,3)4)45-31-29(41)28(40)27(39)23(17-37)44-31/h9,13,19,21-24,26-31,37,39-42H,10-12,14-17H2,1-8H3/t19-,21+,22?,23+,24-,26-,27+,28-,29+,30?,31-,33-,34+,35?,36-/m0/s1. The summed E-state index contributed by atoms with van der Waals surface area (Å²) < 4.78 is 18.8. The van der Waals surface area contributed by atoms with E-state index in [0.717, 1.165) is 19.3 Å². The summed E-state index contributed by atoms with van der Waals surface area (Å²) in [7, 11) is 0.